The summed E-state index contributed by atoms with van der Waals surface area (Å²) in [5.41, 5.74) is 3.75. The van der Waals surface area contributed by atoms with Crippen LogP contribution >= 0.6 is 0 Å². The maximum absolute atomic E-state index is 11.5. The van der Waals surface area contributed by atoms with Crippen molar-refractivity contribution in [1.82, 2.24) is 4.57 Å². The highest BCUT2D eigenvalue weighted by Gasteiger charge is 2.19. The Morgan fingerprint density at radius 1 is 1.18 bits per heavy atom. The van der Waals surface area contributed by atoms with Crippen molar-refractivity contribution >= 4 is 16.9 Å². The molecule has 0 spiro atoms. The number of aromatic nitrogens is 1. The first-order valence-electron chi connectivity index (χ1n) is 6.92. The minimum absolute atomic E-state index is 0.0245. The number of carbonyl (C=O) groups is 1. The quantitative estimate of drug-likeness (QED) is 0.797. The van der Waals surface area contributed by atoms with E-state index in [1.54, 1.807) is 11.5 Å². The van der Waals surface area contributed by atoms with Crippen LogP contribution in [0.3, 0.4) is 0 Å². The van der Waals surface area contributed by atoms with E-state index >= 15 is 0 Å². The van der Waals surface area contributed by atoms with Crippen molar-refractivity contribution in [3.63, 3.8) is 0 Å². The lowest BCUT2D eigenvalue weighted by Crippen LogP contribution is -2.08. The van der Waals surface area contributed by atoms with Gasteiger partial charge in [0.1, 0.15) is 12.2 Å². The normalized spacial score (nSPS) is 10.5. The fourth-order valence-corrected chi connectivity index (χ4v) is 2.84. The number of nitrogens with zero attached hydrogens (tertiary/aromatic N) is 2. The van der Waals surface area contributed by atoms with E-state index in [0.29, 0.717) is 5.56 Å². The monoisotopic (exact) mass is 290 g/mol. The predicted molar refractivity (Wildman–Crippen MR) is 84.7 cm³/mol. The molecule has 0 aliphatic heterocycles. The second kappa shape index (κ2) is 5.38. The molecule has 1 heterocycles. The molecule has 0 bridgehead atoms. The molecule has 0 aliphatic carbocycles. The number of carboxylic acid groups (broad SMARTS) is 1. The third-order valence-electron chi connectivity index (χ3n) is 3.86. The van der Waals surface area contributed by atoms with Crippen LogP contribution in [0.2, 0.25) is 0 Å². The SMILES string of the molecule is Cc1c(C(=O)O)n(CC#N)c2ccc(-c3ccccc3)cc12. The van der Waals surface area contributed by atoms with Crippen molar-refractivity contribution in [3.8, 4) is 17.2 Å². The molecule has 2 aromatic carbocycles. The summed E-state index contributed by atoms with van der Waals surface area (Å²) in [6.07, 6.45) is 0. The third-order valence-corrected chi connectivity index (χ3v) is 3.86. The van der Waals surface area contributed by atoms with Crippen molar-refractivity contribution in [2.24, 2.45) is 0 Å². The largest absolute Gasteiger partial charge is 0.477 e. The van der Waals surface area contributed by atoms with E-state index in [1.807, 2.05) is 54.6 Å². The summed E-state index contributed by atoms with van der Waals surface area (Å²) in [4.78, 5) is 11.5. The first-order chi connectivity index (χ1) is 10.6. The fourth-order valence-electron chi connectivity index (χ4n) is 2.84. The van der Waals surface area contributed by atoms with Gasteiger partial charge in [0, 0.05) is 10.9 Å². The summed E-state index contributed by atoms with van der Waals surface area (Å²) < 4.78 is 1.56. The van der Waals surface area contributed by atoms with Crippen LogP contribution < -0.4 is 0 Å². The van der Waals surface area contributed by atoms with E-state index in [0.717, 1.165) is 22.0 Å². The van der Waals surface area contributed by atoms with E-state index in [-0.39, 0.29) is 12.2 Å². The molecule has 0 saturated carbocycles. The first-order valence-corrected chi connectivity index (χ1v) is 6.92. The number of aryl methyl sites for hydroxylation is 1. The van der Waals surface area contributed by atoms with Crippen molar-refractivity contribution in [2.45, 2.75) is 13.5 Å². The van der Waals surface area contributed by atoms with Crippen LogP contribution in [0.4, 0.5) is 0 Å². The highest BCUT2D eigenvalue weighted by Crippen LogP contribution is 2.30. The number of hydrogen-bond acceptors (Lipinski definition) is 2. The van der Waals surface area contributed by atoms with Crippen molar-refractivity contribution in [1.29, 1.82) is 5.26 Å². The van der Waals surface area contributed by atoms with Crippen LogP contribution in [0.1, 0.15) is 16.1 Å². The van der Waals surface area contributed by atoms with Gasteiger partial charge in [0.15, 0.2) is 0 Å². The lowest BCUT2D eigenvalue weighted by molar-refractivity contribution is 0.0685. The average Bonchev–Trinajstić information content (AvgIpc) is 2.81. The molecule has 108 valence electrons. The molecule has 3 rings (SSSR count). The van der Waals surface area contributed by atoms with E-state index < -0.39 is 5.97 Å². The van der Waals surface area contributed by atoms with Gasteiger partial charge in [0.2, 0.25) is 0 Å². The first kappa shape index (κ1) is 13.9. The number of carboxylic acids is 1. The topological polar surface area (TPSA) is 66.0 Å². The number of fused-ring (bicyclic) bond motifs is 1. The molecule has 0 unspecified atom stereocenters. The number of benzene rings is 2. The molecule has 4 heteroatoms. The van der Waals surface area contributed by atoms with Gasteiger partial charge in [0.05, 0.1) is 6.07 Å². The van der Waals surface area contributed by atoms with Crippen molar-refractivity contribution < 1.29 is 9.90 Å². The van der Waals surface area contributed by atoms with Gasteiger partial charge in [-0.3, -0.25) is 0 Å². The van der Waals surface area contributed by atoms with Gasteiger partial charge >= 0.3 is 5.97 Å². The zero-order valence-corrected chi connectivity index (χ0v) is 12.1. The van der Waals surface area contributed by atoms with E-state index in [9.17, 15) is 9.90 Å². The molecular weight excluding hydrogens is 276 g/mol. The van der Waals surface area contributed by atoms with Crippen LogP contribution in [0.15, 0.2) is 48.5 Å². The number of aromatic carboxylic acids is 1. The average molecular weight is 290 g/mol. The Morgan fingerprint density at radius 2 is 1.91 bits per heavy atom. The lowest BCUT2D eigenvalue weighted by atomic mass is 10.0. The Morgan fingerprint density at radius 3 is 2.55 bits per heavy atom. The Bertz CT molecular complexity index is 902. The van der Waals surface area contributed by atoms with Crippen LogP contribution in [0, 0.1) is 18.3 Å². The Hall–Kier alpha value is -3.06. The molecule has 0 aliphatic rings. The molecule has 22 heavy (non-hydrogen) atoms. The zero-order chi connectivity index (χ0) is 15.7. The van der Waals surface area contributed by atoms with Crippen LogP contribution in [-0.2, 0) is 6.54 Å². The molecule has 1 N–H and O–H groups in total. The number of nitriles is 1. The minimum Gasteiger partial charge on any atom is -0.477 e. The Kier molecular flexibility index (Phi) is 3.40. The Labute approximate surface area is 127 Å². The highest BCUT2D eigenvalue weighted by atomic mass is 16.4. The molecule has 3 aromatic rings. The molecule has 4 nitrogen and oxygen atoms in total. The van der Waals surface area contributed by atoms with Crippen LogP contribution in [-0.4, -0.2) is 15.6 Å². The van der Waals surface area contributed by atoms with E-state index in [2.05, 4.69) is 0 Å². The molecule has 1 aromatic heterocycles. The van der Waals surface area contributed by atoms with Crippen LogP contribution in [0.5, 0.6) is 0 Å². The van der Waals surface area contributed by atoms with E-state index in [4.69, 9.17) is 5.26 Å². The zero-order valence-electron chi connectivity index (χ0n) is 12.1. The lowest BCUT2D eigenvalue weighted by Gasteiger charge is -2.04. The highest BCUT2D eigenvalue weighted by molar-refractivity contribution is 5.99. The second-order valence-electron chi connectivity index (χ2n) is 5.12. The number of rotatable bonds is 3. The standard InChI is InChI=1S/C18H14N2O2/c1-12-15-11-14(13-5-3-2-4-6-13)7-8-16(15)20(10-9-19)17(12)18(21)22/h2-8,11H,10H2,1H3,(H,21,22). The second-order valence-corrected chi connectivity index (χ2v) is 5.12. The van der Waals surface area contributed by atoms with Gasteiger partial charge in [-0.15, -0.1) is 0 Å². The van der Waals surface area contributed by atoms with E-state index in [1.165, 1.54) is 0 Å². The molecule has 0 radical (unpaired) electrons. The van der Waals surface area contributed by atoms with Gasteiger partial charge in [-0.2, -0.15) is 5.26 Å². The summed E-state index contributed by atoms with van der Waals surface area (Å²) in [5, 5.41) is 19.3. The van der Waals surface area contributed by atoms with Gasteiger partial charge in [-0.25, -0.2) is 4.79 Å². The molecule has 0 saturated heterocycles. The molecule has 0 amide bonds. The van der Waals surface area contributed by atoms with Crippen molar-refractivity contribution in [2.75, 3.05) is 0 Å². The van der Waals surface area contributed by atoms with Gasteiger partial charge in [-0.05, 0) is 35.7 Å². The summed E-state index contributed by atoms with van der Waals surface area (Å²) in [6.45, 7) is 1.81. The molecule has 0 atom stereocenters. The summed E-state index contributed by atoms with van der Waals surface area (Å²) >= 11 is 0. The maximum atomic E-state index is 11.5. The van der Waals surface area contributed by atoms with Gasteiger partial charge in [0.25, 0.3) is 0 Å². The molecule has 0 fully saturated rings. The minimum atomic E-state index is -1.01. The predicted octanol–water partition coefficient (Wildman–Crippen LogP) is 3.84. The molecular formula is C18H14N2O2. The van der Waals surface area contributed by atoms with Gasteiger partial charge < -0.3 is 9.67 Å². The maximum Gasteiger partial charge on any atom is 0.352 e. The summed E-state index contributed by atoms with van der Waals surface area (Å²) in [7, 11) is 0. The third kappa shape index (κ3) is 2.13. The smallest absolute Gasteiger partial charge is 0.352 e. The van der Waals surface area contributed by atoms with Crippen molar-refractivity contribution in [3.05, 3.63) is 59.8 Å². The summed E-state index contributed by atoms with van der Waals surface area (Å²) in [6, 6.07) is 17.8. The van der Waals surface area contributed by atoms with Crippen LogP contribution in [0.25, 0.3) is 22.0 Å². The Balaban J connectivity index is 2.28. The fraction of sp³-hybridized carbons (Fsp3) is 0.111. The number of hydrogen-bond donors (Lipinski definition) is 1. The summed E-state index contributed by atoms with van der Waals surface area (Å²) in [5.74, 6) is -1.01. The van der Waals surface area contributed by atoms with Gasteiger partial charge in [-0.1, -0.05) is 36.4 Å².